The third kappa shape index (κ3) is 2.07. The average Bonchev–Trinajstić information content (AvgIpc) is 3.01. The second-order valence-corrected chi connectivity index (χ2v) is 6.69. The summed E-state index contributed by atoms with van der Waals surface area (Å²) in [6, 6.07) is 17.2. The molecule has 1 saturated heterocycles. The molecule has 24 heavy (non-hydrogen) atoms. The molecule has 2 aromatic carbocycles. The first-order chi connectivity index (χ1) is 11.8. The monoisotopic (exact) mass is 316 g/mol. The van der Waals surface area contributed by atoms with E-state index in [9.17, 15) is 0 Å². The molecule has 0 radical (unpaired) electrons. The Morgan fingerprint density at radius 1 is 0.833 bits per heavy atom. The lowest BCUT2D eigenvalue weighted by molar-refractivity contribution is 0.312. The van der Waals surface area contributed by atoms with Crippen molar-refractivity contribution in [2.24, 2.45) is 0 Å². The van der Waals surface area contributed by atoms with Gasteiger partial charge in [0, 0.05) is 47.9 Å². The number of piperazine rings is 1. The first kappa shape index (κ1) is 13.8. The Hall–Kier alpha value is -2.59. The van der Waals surface area contributed by atoms with Crippen LogP contribution in [-0.4, -0.2) is 48.1 Å². The maximum atomic E-state index is 4.93. The number of fused-ring (bicyclic) bond motifs is 5. The summed E-state index contributed by atoms with van der Waals surface area (Å²) in [4.78, 5) is 13.2. The molecule has 4 heteroatoms. The van der Waals surface area contributed by atoms with Gasteiger partial charge in [0.25, 0.3) is 0 Å². The zero-order valence-corrected chi connectivity index (χ0v) is 13.8. The van der Waals surface area contributed by atoms with Gasteiger partial charge in [0.05, 0.1) is 11.0 Å². The number of para-hydroxylation sites is 1. The van der Waals surface area contributed by atoms with Crippen LogP contribution in [0.1, 0.15) is 0 Å². The van der Waals surface area contributed by atoms with Gasteiger partial charge in [-0.2, -0.15) is 0 Å². The van der Waals surface area contributed by atoms with Crippen molar-refractivity contribution in [3.8, 4) is 0 Å². The quantitative estimate of drug-likeness (QED) is 0.582. The minimum atomic E-state index is 1.05. The maximum absolute atomic E-state index is 4.93. The van der Waals surface area contributed by atoms with E-state index in [2.05, 4.69) is 70.4 Å². The highest BCUT2D eigenvalue weighted by molar-refractivity contribution is 6.16. The minimum absolute atomic E-state index is 1.05. The topological polar surface area (TPSA) is 35.2 Å². The molecule has 0 unspecified atom stereocenters. The summed E-state index contributed by atoms with van der Waals surface area (Å²) in [6.45, 7) is 4.29. The van der Waals surface area contributed by atoms with Crippen molar-refractivity contribution in [1.82, 2.24) is 14.9 Å². The molecule has 4 aromatic rings. The molecule has 4 nitrogen and oxygen atoms in total. The van der Waals surface area contributed by atoms with Crippen LogP contribution in [0.2, 0.25) is 0 Å². The summed E-state index contributed by atoms with van der Waals surface area (Å²) in [5, 5.41) is 3.74. The van der Waals surface area contributed by atoms with E-state index in [1.54, 1.807) is 0 Å². The normalized spacial score (nSPS) is 16.5. The van der Waals surface area contributed by atoms with Gasteiger partial charge in [0.1, 0.15) is 5.82 Å². The number of rotatable bonds is 1. The summed E-state index contributed by atoms with van der Waals surface area (Å²) >= 11 is 0. The standard InChI is InChI=1S/C20H20N4/c1-23-10-12-24(13-11-23)19-9-7-16-18(21-19)8-6-15-14-4-2-3-5-17(14)22-20(15)16/h2-9,22H,10-13H2,1H3. The molecule has 0 bridgehead atoms. The Morgan fingerprint density at radius 2 is 1.62 bits per heavy atom. The second-order valence-electron chi connectivity index (χ2n) is 6.69. The zero-order valence-electron chi connectivity index (χ0n) is 13.8. The number of aromatic amines is 1. The molecule has 1 aliphatic heterocycles. The second kappa shape index (κ2) is 5.21. The molecule has 1 N–H and O–H groups in total. The lowest BCUT2D eigenvalue weighted by Gasteiger charge is -2.33. The maximum Gasteiger partial charge on any atom is 0.129 e. The van der Waals surface area contributed by atoms with Gasteiger partial charge in [0.2, 0.25) is 0 Å². The van der Waals surface area contributed by atoms with Crippen molar-refractivity contribution in [3.05, 3.63) is 48.5 Å². The molecule has 5 rings (SSSR count). The van der Waals surface area contributed by atoms with Crippen LogP contribution in [0, 0.1) is 0 Å². The molecule has 0 aliphatic carbocycles. The van der Waals surface area contributed by atoms with E-state index < -0.39 is 0 Å². The van der Waals surface area contributed by atoms with Gasteiger partial charge >= 0.3 is 0 Å². The van der Waals surface area contributed by atoms with E-state index in [0.717, 1.165) is 37.5 Å². The van der Waals surface area contributed by atoms with Crippen molar-refractivity contribution >= 4 is 38.5 Å². The molecule has 0 atom stereocenters. The van der Waals surface area contributed by atoms with Gasteiger partial charge in [0.15, 0.2) is 0 Å². The first-order valence-corrected chi connectivity index (χ1v) is 8.53. The van der Waals surface area contributed by atoms with Crippen LogP contribution in [-0.2, 0) is 0 Å². The van der Waals surface area contributed by atoms with Gasteiger partial charge in [-0.05, 0) is 31.3 Å². The molecule has 2 aromatic heterocycles. The summed E-state index contributed by atoms with van der Waals surface area (Å²) in [5.74, 6) is 1.09. The fourth-order valence-electron chi connectivity index (χ4n) is 3.73. The Labute approximate surface area is 140 Å². The summed E-state index contributed by atoms with van der Waals surface area (Å²) in [6.07, 6.45) is 0. The van der Waals surface area contributed by atoms with Crippen LogP contribution in [0.3, 0.4) is 0 Å². The zero-order chi connectivity index (χ0) is 16.1. The summed E-state index contributed by atoms with van der Waals surface area (Å²) in [5.41, 5.74) is 3.43. The molecule has 0 amide bonds. The van der Waals surface area contributed by atoms with Gasteiger partial charge < -0.3 is 14.8 Å². The van der Waals surface area contributed by atoms with Crippen molar-refractivity contribution in [2.45, 2.75) is 0 Å². The number of hydrogen-bond donors (Lipinski definition) is 1. The Balaban J connectivity index is 1.65. The summed E-state index contributed by atoms with van der Waals surface area (Å²) < 4.78 is 0. The van der Waals surface area contributed by atoms with Gasteiger partial charge in [-0.15, -0.1) is 0 Å². The third-order valence-corrected chi connectivity index (χ3v) is 5.16. The van der Waals surface area contributed by atoms with Crippen molar-refractivity contribution in [3.63, 3.8) is 0 Å². The lowest BCUT2D eigenvalue weighted by Crippen LogP contribution is -2.44. The lowest BCUT2D eigenvalue weighted by atomic mass is 10.1. The van der Waals surface area contributed by atoms with Crippen molar-refractivity contribution < 1.29 is 0 Å². The minimum Gasteiger partial charge on any atom is -0.354 e. The van der Waals surface area contributed by atoms with E-state index in [4.69, 9.17) is 4.98 Å². The third-order valence-electron chi connectivity index (χ3n) is 5.16. The molecule has 0 saturated carbocycles. The number of hydrogen-bond acceptors (Lipinski definition) is 3. The van der Waals surface area contributed by atoms with Crippen LogP contribution in [0.25, 0.3) is 32.7 Å². The molecule has 1 fully saturated rings. The number of pyridine rings is 1. The highest BCUT2D eigenvalue weighted by Gasteiger charge is 2.16. The molecule has 3 heterocycles. The van der Waals surface area contributed by atoms with E-state index >= 15 is 0 Å². The Bertz CT molecular complexity index is 1040. The summed E-state index contributed by atoms with van der Waals surface area (Å²) in [7, 11) is 2.18. The van der Waals surface area contributed by atoms with Gasteiger partial charge in [-0.3, -0.25) is 0 Å². The highest BCUT2D eigenvalue weighted by Crippen LogP contribution is 2.31. The Morgan fingerprint density at radius 3 is 2.50 bits per heavy atom. The largest absolute Gasteiger partial charge is 0.354 e. The number of likely N-dealkylation sites (N-methyl/N-ethyl adjacent to an activating group) is 1. The SMILES string of the molecule is CN1CCN(c2ccc3c(ccc4c5ccccc5[nH]c34)n2)CC1. The first-order valence-electron chi connectivity index (χ1n) is 8.53. The average molecular weight is 316 g/mol. The van der Waals surface area contributed by atoms with Crippen LogP contribution in [0.15, 0.2) is 48.5 Å². The Kier molecular flexibility index (Phi) is 3.00. The van der Waals surface area contributed by atoms with Crippen LogP contribution < -0.4 is 4.90 Å². The fraction of sp³-hybridized carbons (Fsp3) is 0.250. The number of nitrogens with one attached hydrogen (secondary N) is 1. The van der Waals surface area contributed by atoms with E-state index in [1.807, 2.05) is 0 Å². The number of aromatic nitrogens is 2. The highest BCUT2D eigenvalue weighted by atomic mass is 15.3. The molecule has 120 valence electrons. The van der Waals surface area contributed by atoms with Crippen molar-refractivity contribution in [2.75, 3.05) is 38.1 Å². The molecular weight excluding hydrogens is 296 g/mol. The van der Waals surface area contributed by atoms with Gasteiger partial charge in [-0.25, -0.2) is 4.98 Å². The van der Waals surface area contributed by atoms with Gasteiger partial charge in [-0.1, -0.05) is 24.3 Å². The number of nitrogens with zero attached hydrogens (tertiary/aromatic N) is 3. The predicted molar refractivity (Wildman–Crippen MR) is 101 cm³/mol. The smallest absolute Gasteiger partial charge is 0.129 e. The van der Waals surface area contributed by atoms with Crippen LogP contribution in [0.4, 0.5) is 5.82 Å². The molecular formula is C20H20N4. The number of benzene rings is 2. The van der Waals surface area contributed by atoms with E-state index in [-0.39, 0.29) is 0 Å². The fourth-order valence-corrected chi connectivity index (χ4v) is 3.73. The number of anilines is 1. The van der Waals surface area contributed by atoms with Crippen LogP contribution in [0.5, 0.6) is 0 Å². The van der Waals surface area contributed by atoms with E-state index in [1.165, 1.54) is 27.2 Å². The molecule has 1 aliphatic rings. The van der Waals surface area contributed by atoms with Crippen molar-refractivity contribution in [1.29, 1.82) is 0 Å². The molecule has 0 spiro atoms. The van der Waals surface area contributed by atoms with Crippen LogP contribution >= 0.6 is 0 Å². The number of H-pyrrole nitrogens is 1. The van der Waals surface area contributed by atoms with E-state index in [0.29, 0.717) is 0 Å². The predicted octanol–water partition coefficient (Wildman–Crippen LogP) is 3.62.